The van der Waals surface area contributed by atoms with Gasteiger partial charge in [0.1, 0.15) is 12.4 Å². The van der Waals surface area contributed by atoms with Crippen LogP contribution in [0.2, 0.25) is 0 Å². The Kier molecular flexibility index (Phi) is 7.31. The lowest BCUT2D eigenvalue weighted by Gasteiger charge is -2.11. The first-order valence-electron chi connectivity index (χ1n) is 10.1. The van der Waals surface area contributed by atoms with Gasteiger partial charge in [-0.15, -0.1) is 10.2 Å². The Balaban J connectivity index is 1.44. The number of thioether (sulfide) groups is 1. The predicted octanol–water partition coefficient (Wildman–Crippen LogP) is 4.53. The third-order valence-corrected chi connectivity index (χ3v) is 5.57. The van der Waals surface area contributed by atoms with Gasteiger partial charge in [-0.05, 0) is 42.0 Å². The first-order valence-corrected chi connectivity index (χ1v) is 11.1. The maximum absolute atomic E-state index is 13.9. The molecule has 0 spiro atoms. The molecule has 33 heavy (non-hydrogen) atoms. The van der Waals surface area contributed by atoms with Crippen LogP contribution in [-0.2, 0) is 17.9 Å². The number of amides is 1. The quantitative estimate of drug-likeness (QED) is 0.367. The van der Waals surface area contributed by atoms with E-state index in [4.69, 9.17) is 4.74 Å². The summed E-state index contributed by atoms with van der Waals surface area (Å²) in [4.78, 5) is 12.3. The topological polar surface area (TPSA) is 69.0 Å². The number of carbonyl (C=O) groups excluding carboxylic acids is 1. The van der Waals surface area contributed by atoms with Crippen LogP contribution in [-0.4, -0.2) is 26.4 Å². The van der Waals surface area contributed by atoms with Gasteiger partial charge in [0.2, 0.25) is 5.91 Å². The number of benzene rings is 3. The summed E-state index contributed by atoms with van der Waals surface area (Å²) in [6, 6.07) is 21.5. The van der Waals surface area contributed by atoms with Crippen LogP contribution in [0.5, 0.6) is 5.75 Å². The highest BCUT2D eigenvalue weighted by molar-refractivity contribution is 7.99. The Hall–Kier alpha value is -3.72. The Bertz CT molecular complexity index is 1220. The molecule has 0 aliphatic carbocycles. The molecule has 0 saturated heterocycles. The Morgan fingerprint density at radius 2 is 1.67 bits per heavy atom. The Labute approximate surface area is 193 Å². The lowest BCUT2D eigenvalue weighted by atomic mass is 10.2. The minimum Gasteiger partial charge on any atom is -0.483 e. The lowest BCUT2D eigenvalue weighted by molar-refractivity contribution is -0.118. The molecule has 6 nitrogen and oxygen atoms in total. The molecule has 0 unspecified atom stereocenters. The summed E-state index contributed by atoms with van der Waals surface area (Å²) in [7, 11) is 0. The van der Waals surface area contributed by atoms with E-state index in [1.165, 1.54) is 30.0 Å². The highest BCUT2D eigenvalue weighted by Crippen LogP contribution is 2.24. The second kappa shape index (κ2) is 10.7. The summed E-state index contributed by atoms with van der Waals surface area (Å²) < 4.78 is 34.3. The van der Waals surface area contributed by atoms with Gasteiger partial charge in [0.25, 0.3) is 0 Å². The number of rotatable bonds is 9. The standard InChI is InChI=1S/C24H20F2N4O2S/c25-18-12-10-17(11-13-18)14-27-23(31)16-33-24-29-28-22(30(24)19-6-2-1-3-7-19)15-32-21-9-5-4-8-20(21)26/h1-13H,14-16H2,(H,27,31). The second-order valence-corrected chi connectivity index (χ2v) is 7.92. The summed E-state index contributed by atoms with van der Waals surface area (Å²) in [5, 5.41) is 11.7. The normalized spacial score (nSPS) is 10.7. The van der Waals surface area contributed by atoms with Crippen molar-refractivity contribution >= 4 is 17.7 Å². The first-order chi connectivity index (χ1) is 16.1. The number of halogens is 2. The van der Waals surface area contributed by atoms with Crippen LogP contribution < -0.4 is 10.1 Å². The lowest BCUT2D eigenvalue weighted by Crippen LogP contribution is -2.24. The van der Waals surface area contributed by atoms with E-state index in [2.05, 4.69) is 15.5 Å². The smallest absolute Gasteiger partial charge is 0.230 e. The van der Waals surface area contributed by atoms with Crippen molar-refractivity contribution in [3.05, 3.63) is 102 Å². The summed E-state index contributed by atoms with van der Waals surface area (Å²) in [5.74, 6) is -0.282. The van der Waals surface area contributed by atoms with Gasteiger partial charge in [-0.2, -0.15) is 0 Å². The van der Waals surface area contributed by atoms with Gasteiger partial charge in [0.15, 0.2) is 22.5 Å². The number of carbonyl (C=O) groups is 1. The van der Waals surface area contributed by atoms with E-state index in [0.717, 1.165) is 11.3 Å². The average molecular weight is 467 g/mol. The average Bonchev–Trinajstić information content (AvgIpc) is 3.25. The zero-order chi connectivity index (χ0) is 23.0. The van der Waals surface area contributed by atoms with Gasteiger partial charge in [0, 0.05) is 12.2 Å². The van der Waals surface area contributed by atoms with Crippen molar-refractivity contribution < 1.29 is 18.3 Å². The molecule has 0 atom stereocenters. The summed E-state index contributed by atoms with van der Waals surface area (Å²) in [6.45, 7) is 0.299. The van der Waals surface area contributed by atoms with E-state index < -0.39 is 5.82 Å². The van der Waals surface area contributed by atoms with E-state index in [1.807, 2.05) is 30.3 Å². The second-order valence-electron chi connectivity index (χ2n) is 6.98. The van der Waals surface area contributed by atoms with Crippen LogP contribution in [0.1, 0.15) is 11.4 Å². The van der Waals surface area contributed by atoms with Crippen molar-refractivity contribution in [2.24, 2.45) is 0 Å². The molecule has 0 radical (unpaired) electrons. The highest BCUT2D eigenvalue weighted by atomic mass is 32.2. The molecule has 4 aromatic rings. The number of hydrogen-bond acceptors (Lipinski definition) is 5. The van der Waals surface area contributed by atoms with Gasteiger partial charge in [-0.1, -0.05) is 54.2 Å². The van der Waals surface area contributed by atoms with Crippen LogP contribution in [0.25, 0.3) is 5.69 Å². The monoisotopic (exact) mass is 466 g/mol. The van der Waals surface area contributed by atoms with Gasteiger partial charge in [-0.3, -0.25) is 9.36 Å². The predicted molar refractivity (Wildman–Crippen MR) is 121 cm³/mol. The number of nitrogens with one attached hydrogen (secondary N) is 1. The van der Waals surface area contributed by atoms with E-state index >= 15 is 0 Å². The molecule has 168 valence electrons. The number of hydrogen-bond donors (Lipinski definition) is 1. The molecule has 0 saturated carbocycles. The van der Waals surface area contributed by atoms with Gasteiger partial charge in [-0.25, -0.2) is 8.78 Å². The van der Waals surface area contributed by atoms with Crippen molar-refractivity contribution in [1.82, 2.24) is 20.1 Å². The molecule has 0 bridgehead atoms. The first kappa shape index (κ1) is 22.5. The van der Waals surface area contributed by atoms with Crippen molar-refractivity contribution in [2.75, 3.05) is 5.75 Å². The van der Waals surface area contributed by atoms with Gasteiger partial charge >= 0.3 is 0 Å². The molecule has 9 heteroatoms. The maximum atomic E-state index is 13.9. The zero-order valence-electron chi connectivity index (χ0n) is 17.4. The third-order valence-electron chi connectivity index (χ3n) is 4.64. The molecule has 0 aliphatic heterocycles. The fourth-order valence-corrected chi connectivity index (χ4v) is 3.81. The molecular formula is C24H20F2N4O2S. The van der Waals surface area contributed by atoms with Gasteiger partial charge < -0.3 is 10.1 Å². The fraction of sp³-hybridized carbons (Fsp3) is 0.125. The molecule has 1 amide bonds. The zero-order valence-corrected chi connectivity index (χ0v) is 18.3. The van der Waals surface area contributed by atoms with Crippen LogP contribution in [0.15, 0.2) is 84.0 Å². The van der Waals surface area contributed by atoms with Crippen molar-refractivity contribution in [2.45, 2.75) is 18.3 Å². The number of aromatic nitrogens is 3. The number of para-hydroxylation sites is 2. The Morgan fingerprint density at radius 1 is 0.939 bits per heavy atom. The van der Waals surface area contributed by atoms with Crippen molar-refractivity contribution in [3.63, 3.8) is 0 Å². The minimum atomic E-state index is -0.462. The molecule has 1 heterocycles. The van der Waals surface area contributed by atoms with Crippen molar-refractivity contribution in [1.29, 1.82) is 0 Å². The highest BCUT2D eigenvalue weighted by Gasteiger charge is 2.17. The van der Waals surface area contributed by atoms with Crippen LogP contribution >= 0.6 is 11.8 Å². The van der Waals surface area contributed by atoms with Crippen LogP contribution in [0.3, 0.4) is 0 Å². The molecule has 0 fully saturated rings. The maximum Gasteiger partial charge on any atom is 0.230 e. The largest absolute Gasteiger partial charge is 0.483 e. The third kappa shape index (κ3) is 5.95. The molecule has 1 N–H and O–H groups in total. The van der Waals surface area contributed by atoms with E-state index in [1.54, 1.807) is 34.9 Å². The number of ether oxygens (including phenoxy) is 1. The van der Waals surface area contributed by atoms with E-state index in [-0.39, 0.29) is 29.8 Å². The van der Waals surface area contributed by atoms with E-state index in [9.17, 15) is 13.6 Å². The molecule has 4 rings (SSSR count). The van der Waals surface area contributed by atoms with Crippen molar-refractivity contribution in [3.8, 4) is 11.4 Å². The Morgan fingerprint density at radius 3 is 2.42 bits per heavy atom. The molecule has 0 aliphatic rings. The van der Waals surface area contributed by atoms with Crippen LogP contribution in [0.4, 0.5) is 8.78 Å². The minimum absolute atomic E-state index is 0.000150. The number of nitrogens with zero attached hydrogens (tertiary/aromatic N) is 3. The molecular weight excluding hydrogens is 446 g/mol. The fourth-order valence-electron chi connectivity index (χ4n) is 3.01. The SMILES string of the molecule is O=C(CSc1nnc(COc2ccccc2F)n1-c1ccccc1)NCc1ccc(F)cc1. The van der Waals surface area contributed by atoms with Crippen LogP contribution in [0, 0.1) is 11.6 Å². The van der Waals surface area contributed by atoms with E-state index in [0.29, 0.717) is 17.5 Å². The molecule has 1 aromatic heterocycles. The summed E-state index contributed by atoms with van der Waals surface area (Å²) in [5.41, 5.74) is 1.60. The summed E-state index contributed by atoms with van der Waals surface area (Å²) >= 11 is 1.22. The van der Waals surface area contributed by atoms with Gasteiger partial charge in [0.05, 0.1) is 5.75 Å². The summed E-state index contributed by atoms with van der Waals surface area (Å²) in [6.07, 6.45) is 0. The molecule has 3 aromatic carbocycles.